The van der Waals surface area contributed by atoms with Crippen molar-refractivity contribution >= 4 is 13.2 Å². The van der Waals surface area contributed by atoms with Crippen molar-refractivity contribution in [2.24, 2.45) is 0 Å². The van der Waals surface area contributed by atoms with E-state index in [0.717, 1.165) is 0 Å². The molecule has 1 rings (SSSR count). The predicted molar refractivity (Wildman–Crippen MR) is 40.8 cm³/mol. The molecular formula is C5H12FN2OP. The van der Waals surface area contributed by atoms with Crippen LogP contribution < -0.4 is 0 Å². The number of urea groups is 1. The van der Waals surface area contributed by atoms with E-state index in [1.54, 1.807) is 0 Å². The number of rotatable bonds is 0. The first-order valence-electron chi connectivity index (χ1n) is 3.01. The fraction of sp³-hybridized carbons (Fsp3) is 0.800. The van der Waals surface area contributed by atoms with Gasteiger partial charge in [-0.15, -0.1) is 0 Å². The van der Waals surface area contributed by atoms with Crippen LogP contribution in [-0.4, -0.2) is 42.8 Å². The first-order chi connectivity index (χ1) is 4.26. The summed E-state index contributed by atoms with van der Waals surface area (Å²) in [6.45, 7) is 2.99. The zero-order chi connectivity index (χ0) is 8.18. The van der Waals surface area contributed by atoms with Crippen LogP contribution >= 0.6 is 7.22 Å². The summed E-state index contributed by atoms with van der Waals surface area (Å²) in [5, 5.41) is 0. The molecule has 0 bridgehead atoms. The predicted octanol–water partition coefficient (Wildman–Crippen LogP) is 1.51. The molecule has 1 heterocycles. The number of hydrogen-bond acceptors (Lipinski definition) is 1. The molecule has 2 amide bonds. The molecule has 3 nitrogen and oxygen atoms in total. The van der Waals surface area contributed by atoms with Crippen molar-refractivity contribution in [3.63, 3.8) is 0 Å². The van der Waals surface area contributed by atoms with Gasteiger partial charge in [0.25, 0.3) is 0 Å². The molecule has 1 aliphatic rings. The van der Waals surface area contributed by atoms with E-state index >= 15 is 0 Å². The van der Waals surface area contributed by atoms with E-state index in [4.69, 9.17) is 0 Å². The number of hydrogen-bond donors (Lipinski definition) is 0. The van der Waals surface area contributed by atoms with E-state index in [0.29, 0.717) is 0 Å². The molecule has 60 valence electrons. The second-order valence-corrected chi connectivity index (χ2v) is 8.01. The number of nitrogens with zero attached hydrogens (tertiary/aromatic N) is 2. The van der Waals surface area contributed by atoms with Crippen molar-refractivity contribution < 1.29 is 8.99 Å². The molecule has 0 atom stereocenters. The maximum atomic E-state index is 13.7. The van der Waals surface area contributed by atoms with Crippen molar-refractivity contribution in [2.75, 3.05) is 27.4 Å². The summed E-state index contributed by atoms with van der Waals surface area (Å²) in [6, 6.07) is -0.231. The van der Waals surface area contributed by atoms with Crippen LogP contribution in [0.25, 0.3) is 0 Å². The maximum absolute atomic E-state index is 13.7. The Hall–Kier alpha value is -0.370. The standard InChI is InChI=1S/C5H12FN2OP/c1-7-5(9)8(2)10(7,3,4)6/h1-4H3. The van der Waals surface area contributed by atoms with Gasteiger partial charge in [-0.1, -0.05) is 0 Å². The molecule has 0 N–H and O–H groups in total. The van der Waals surface area contributed by atoms with Gasteiger partial charge in [0, 0.05) is 0 Å². The molecule has 10 heavy (non-hydrogen) atoms. The Morgan fingerprint density at radius 1 is 1.30 bits per heavy atom. The number of amides is 2. The Bertz CT molecular complexity index is 182. The average Bonchev–Trinajstić information content (AvgIpc) is 1.82. The molecule has 1 saturated heterocycles. The quantitative estimate of drug-likeness (QED) is 0.500. The zero-order valence-corrected chi connectivity index (χ0v) is 7.52. The van der Waals surface area contributed by atoms with Gasteiger partial charge in [0.1, 0.15) is 0 Å². The Kier molecular flexibility index (Phi) is 1.12. The van der Waals surface area contributed by atoms with Gasteiger partial charge in [0.15, 0.2) is 0 Å². The fourth-order valence-electron chi connectivity index (χ4n) is 0.856. The summed E-state index contributed by atoms with van der Waals surface area (Å²) < 4.78 is 16.1. The zero-order valence-electron chi connectivity index (χ0n) is 6.63. The second kappa shape index (κ2) is 1.45. The average molecular weight is 166 g/mol. The molecule has 0 aliphatic carbocycles. The van der Waals surface area contributed by atoms with Gasteiger partial charge in [-0.3, -0.25) is 0 Å². The topological polar surface area (TPSA) is 23.6 Å². The number of halogens is 1. The SMILES string of the molecule is CN1C(=O)N(C)P1(C)(C)F. The van der Waals surface area contributed by atoms with Crippen molar-refractivity contribution in [3.8, 4) is 0 Å². The van der Waals surface area contributed by atoms with Gasteiger partial charge in [-0.2, -0.15) is 0 Å². The van der Waals surface area contributed by atoms with Crippen molar-refractivity contribution in [1.29, 1.82) is 0 Å². The second-order valence-electron chi connectivity index (χ2n) is 3.16. The third kappa shape index (κ3) is 0.601. The number of carbonyl (C=O) groups is 1. The molecule has 0 aromatic rings. The summed E-state index contributed by atoms with van der Waals surface area (Å²) in [7, 11) is -0.362. The van der Waals surface area contributed by atoms with E-state index in [9.17, 15) is 8.99 Å². The van der Waals surface area contributed by atoms with Crippen LogP contribution in [0.1, 0.15) is 0 Å². The Balaban J connectivity index is 2.96. The Morgan fingerprint density at radius 2 is 1.60 bits per heavy atom. The molecule has 0 saturated carbocycles. The molecule has 5 heteroatoms. The third-order valence-electron chi connectivity index (χ3n) is 2.25. The van der Waals surface area contributed by atoms with Crippen LogP contribution in [0.5, 0.6) is 0 Å². The van der Waals surface area contributed by atoms with Crippen LogP contribution in [0.3, 0.4) is 0 Å². The molecule has 1 aliphatic heterocycles. The summed E-state index contributed by atoms with van der Waals surface area (Å²) >= 11 is 0. The van der Waals surface area contributed by atoms with Gasteiger partial charge in [0.05, 0.1) is 0 Å². The minimum atomic E-state index is -3.36. The summed E-state index contributed by atoms with van der Waals surface area (Å²) in [5.74, 6) is 0. The van der Waals surface area contributed by atoms with Gasteiger partial charge in [-0.25, -0.2) is 0 Å². The van der Waals surface area contributed by atoms with Crippen LogP contribution in [-0.2, 0) is 0 Å². The van der Waals surface area contributed by atoms with Crippen molar-refractivity contribution in [3.05, 3.63) is 0 Å². The van der Waals surface area contributed by atoms with E-state index in [-0.39, 0.29) is 6.03 Å². The van der Waals surface area contributed by atoms with Crippen molar-refractivity contribution in [1.82, 2.24) is 9.34 Å². The molecule has 0 radical (unpaired) electrons. The first kappa shape index (κ1) is 7.73. The van der Waals surface area contributed by atoms with Crippen LogP contribution in [0.2, 0.25) is 0 Å². The van der Waals surface area contributed by atoms with E-state index in [2.05, 4.69) is 0 Å². The fourth-order valence-corrected chi connectivity index (χ4v) is 2.37. The molecule has 1 fully saturated rings. The van der Waals surface area contributed by atoms with Crippen molar-refractivity contribution in [2.45, 2.75) is 0 Å². The monoisotopic (exact) mass is 166 g/mol. The first-order valence-corrected chi connectivity index (χ1v) is 5.94. The van der Waals surface area contributed by atoms with Gasteiger partial charge in [0.2, 0.25) is 0 Å². The summed E-state index contributed by atoms with van der Waals surface area (Å²) in [4.78, 5) is 10.8. The molecule has 0 unspecified atom stereocenters. The van der Waals surface area contributed by atoms with Crippen LogP contribution in [0.4, 0.5) is 8.99 Å². The van der Waals surface area contributed by atoms with E-state index in [1.807, 2.05) is 0 Å². The van der Waals surface area contributed by atoms with Gasteiger partial charge >= 0.3 is 59.0 Å². The van der Waals surface area contributed by atoms with Gasteiger partial charge < -0.3 is 0 Å². The normalized spacial score (nSPS) is 32.5. The van der Waals surface area contributed by atoms with E-state index < -0.39 is 7.22 Å². The Morgan fingerprint density at radius 3 is 1.70 bits per heavy atom. The summed E-state index contributed by atoms with van der Waals surface area (Å²) in [6.07, 6.45) is 0. The van der Waals surface area contributed by atoms with Crippen LogP contribution in [0.15, 0.2) is 0 Å². The molecule has 0 aromatic heterocycles. The molecule has 0 aromatic carbocycles. The molecule has 0 spiro atoms. The van der Waals surface area contributed by atoms with Crippen LogP contribution in [0, 0.1) is 0 Å². The van der Waals surface area contributed by atoms with Gasteiger partial charge in [-0.05, 0) is 0 Å². The number of carbonyl (C=O) groups excluding carboxylic acids is 1. The van der Waals surface area contributed by atoms with E-state index in [1.165, 1.54) is 36.8 Å². The summed E-state index contributed by atoms with van der Waals surface area (Å²) in [5.41, 5.74) is 0. The Labute approximate surface area is 59.9 Å². The minimum absolute atomic E-state index is 0.231. The third-order valence-corrected chi connectivity index (χ3v) is 5.98. The molecular weight excluding hydrogens is 154 g/mol.